The Kier molecular flexibility index (Phi) is 3.82. The predicted octanol–water partition coefficient (Wildman–Crippen LogP) is 3.49. The third kappa shape index (κ3) is 2.86. The van der Waals surface area contributed by atoms with Gasteiger partial charge in [-0.15, -0.1) is 0 Å². The second-order valence-electron chi connectivity index (χ2n) is 6.60. The molecule has 0 unspecified atom stereocenters. The van der Waals surface area contributed by atoms with Crippen molar-refractivity contribution < 1.29 is 5.11 Å². The van der Waals surface area contributed by atoms with Gasteiger partial charge in [-0.2, -0.15) is 4.98 Å². The molecule has 22 heavy (non-hydrogen) atoms. The molecule has 2 heterocycles. The Balaban J connectivity index is 1.62. The Morgan fingerprint density at radius 1 is 1.23 bits per heavy atom. The minimum Gasteiger partial charge on any atom is -0.393 e. The van der Waals surface area contributed by atoms with Crippen LogP contribution in [0.25, 0.3) is 11.0 Å². The van der Waals surface area contributed by atoms with Crippen molar-refractivity contribution in [1.82, 2.24) is 14.5 Å². The molecule has 2 fully saturated rings. The Labute approximate surface area is 138 Å². The topological polar surface area (TPSA) is 63.0 Å². The Morgan fingerprint density at radius 3 is 2.73 bits per heavy atom. The molecule has 2 N–H and O–H groups in total. The van der Waals surface area contributed by atoms with Crippen molar-refractivity contribution in [3.05, 3.63) is 16.9 Å². The van der Waals surface area contributed by atoms with Gasteiger partial charge in [0.05, 0.1) is 11.5 Å². The fraction of sp³-hybridized carbons (Fsp3) is 0.625. The van der Waals surface area contributed by atoms with Crippen LogP contribution in [-0.2, 0) is 0 Å². The van der Waals surface area contributed by atoms with Crippen molar-refractivity contribution in [2.24, 2.45) is 5.92 Å². The minimum absolute atomic E-state index is 0.132. The highest BCUT2D eigenvalue weighted by Crippen LogP contribution is 2.35. The first-order valence-electron chi connectivity index (χ1n) is 8.15. The molecule has 2 aliphatic rings. The molecule has 0 amide bonds. The predicted molar refractivity (Wildman–Crippen MR) is 90.0 cm³/mol. The molecule has 2 aromatic rings. The van der Waals surface area contributed by atoms with E-state index in [1.807, 2.05) is 6.20 Å². The quantitative estimate of drug-likeness (QED) is 0.871. The Morgan fingerprint density at radius 2 is 2.00 bits per heavy atom. The number of aliphatic hydroxyl groups excluding tert-OH is 1. The van der Waals surface area contributed by atoms with Gasteiger partial charge in [0.25, 0.3) is 0 Å². The molecule has 2 aromatic heterocycles. The van der Waals surface area contributed by atoms with Crippen molar-refractivity contribution in [2.75, 3.05) is 11.9 Å². The molecule has 0 saturated heterocycles. The van der Waals surface area contributed by atoms with Crippen LogP contribution in [-0.4, -0.2) is 32.3 Å². The average molecular weight is 365 g/mol. The molecular formula is C16H21BrN4O. The van der Waals surface area contributed by atoms with Gasteiger partial charge in [0.15, 0.2) is 0 Å². The van der Waals surface area contributed by atoms with Gasteiger partial charge < -0.3 is 15.0 Å². The highest BCUT2D eigenvalue weighted by molar-refractivity contribution is 9.10. The number of nitrogens with zero attached hydrogens (tertiary/aromatic N) is 3. The molecule has 4 rings (SSSR count). The van der Waals surface area contributed by atoms with E-state index in [2.05, 4.69) is 37.0 Å². The van der Waals surface area contributed by atoms with Gasteiger partial charge in [0.1, 0.15) is 5.65 Å². The van der Waals surface area contributed by atoms with E-state index in [-0.39, 0.29) is 6.10 Å². The van der Waals surface area contributed by atoms with Gasteiger partial charge in [-0.25, -0.2) is 4.98 Å². The summed E-state index contributed by atoms with van der Waals surface area (Å²) in [6, 6.07) is 0.420. The first kappa shape index (κ1) is 14.5. The summed E-state index contributed by atoms with van der Waals surface area (Å²) in [7, 11) is 0. The summed E-state index contributed by atoms with van der Waals surface area (Å²) in [4.78, 5) is 9.17. The van der Waals surface area contributed by atoms with E-state index in [1.54, 1.807) is 0 Å². The lowest BCUT2D eigenvalue weighted by molar-refractivity contribution is 0.111. The molecule has 0 spiro atoms. The maximum absolute atomic E-state index is 9.71. The second kappa shape index (κ2) is 5.81. The minimum atomic E-state index is -0.132. The molecule has 6 heteroatoms. The van der Waals surface area contributed by atoms with Crippen LogP contribution in [0.5, 0.6) is 0 Å². The number of anilines is 1. The summed E-state index contributed by atoms with van der Waals surface area (Å²) < 4.78 is 3.30. The molecule has 0 atom stereocenters. The standard InChI is InChI=1S/C16H21BrN4O/c17-14-9-21(11-3-5-12(22)6-4-11)15-13(14)8-19-16(20-15)18-7-10-1-2-10/h8-12,22H,1-7H2,(H,18,19,20). The molecule has 118 valence electrons. The maximum atomic E-state index is 9.71. The molecule has 0 aliphatic heterocycles. The van der Waals surface area contributed by atoms with Gasteiger partial charge in [-0.05, 0) is 60.4 Å². The van der Waals surface area contributed by atoms with Crippen LogP contribution in [0.1, 0.15) is 44.6 Å². The van der Waals surface area contributed by atoms with E-state index in [9.17, 15) is 5.11 Å². The van der Waals surface area contributed by atoms with E-state index in [0.717, 1.165) is 59.6 Å². The molecule has 0 aromatic carbocycles. The van der Waals surface area contributed by atoms with Crippen molar-refractivity contribution >= 4 is 32.9 Å². The lowest BCUT2D eigenvalue weighted by atomic mass is 9.93. The number of rotatable bonds is 4. The van der Waals surface area contributed by atoms with Crippen molar-refractivity contribution in [1.29, 1.82) is 0 Å². The number of hydrogen-bond acceptors (Lipinski definition) is 4. The SMILES string of the molecule is OC1CCC(n2cc(Br)c3cnc(NCC4CC4)nc32)CC1. The molecular weight excluding hydrogens is 344 g/mol. The zero-order valence-electron chi connectivity index (χ0n) is 12.5. The number of aliphatic hydroxyl groups is 1. The van der Waals surface area contributed by atoms with E-state index >= 15 is 0 Å². The molecule has 2 saturated carbocycles. The molecule has 5 nitrogen and oxygen atoms in total. The lowest BCUT2D eigenvalue weighted by Crippen LogP contribution is -2.21. The van der Waals surface area contributed by atoms with Crippen molar-refractivity contribution in [3.63, 3.8) is 0 Å². The summed E-state index contributed by atoms with van der Waals surface area (Å²) in [6.07, 6.45) is 10.3. The highest BCUT2D eigenvalue weighted by Gasteiger charge is 2.24. The number of nitrogens with one attached hydrogen (secondary N) is 1. The smallest absolute Gasteiger partial charge is 0.224 e. The van der Waals surface area contributed by atoms with Gasteiger partial charge in [-0.3, -0.25) is 0 Å². The van der Waals surface area contributed by atoms with Gasteiger partial charge >= 0.3 is 0 Å². The van der Waals surface area contributed by atoms with E-state index in [4.69, 9.17) is 4.98 Å². The number of halogens is 1. The van der Waals surface area contributed by atoms with Crippen LogP contribution in [0.4, 0.5) is 5.95 Å². The number of fused-ring (bicyclic) bond motifs is 1. The van der Waals surface area contributed by atoms with Gasteiger partial charge in [-0.1, -0.05) is 0 Å². The van der Waals surface area contributed by atoms with Crippen molar-refractivity contribution in [2.45, 2.75) is 50.7 Å². The third-order valence-electron chi connectivity index (χ3n) is 4.83. The zero-order chi connectivity index (χ0) is 15.1. The van der Waals surface area contributed by atoms with Crippen LogP contribution in [0.3, 0.4) is 0 Å². The summed E-state index contributed by atoms with van der Waals surface area (Å²) in [5.74, 6) is 1.53. The van der Waals surface area contributed by atoms with Gasteiger partial charge in [0, 0.05) is 29.5 Å². The first-order chi connectivity index (χ1) is 10.7. The number of hydrogen-bond donors (Lipinski definition) is 2. The normalized spacial score (nSPS) is 25.5. The third-order valence-corrected chi connectivity index (χ3v) is 5.46. The lowest BCUT2D eigenvalue weighted by Gasteiger charge is -2.27. The van der Waals surface area contributed by atoms with Crippen LogP contribution in [0.2, 0.25) is 0 Å². The van der Waals surface area contributed by atoms with E-state index in [0.29, 0.717) is 6.04 Å². The Hall–Kier alpha value is -1.14. The van der Waals surface area contributed by atoms with Crippen LogP contribution in [0.15, 0.2) is 16.9 Å². The molecule has 0 radical (unpaired) electrons. The summed E-state index contributed by atoms with van der Waals surface area (Å²) in [5, 5.41) is 14.1. The van der Waals surface area contributed by atoms with Crippen LogP contribution < -0.4 is 5.32 Å². The molecule has 0 bridgehead atoms. The monoisotopic (exact) mass is 364 g/mol. The highest BCUT2D eigenvalue weighted by atomic mass is 79.9. The zero-order valence-corrected chi connectivity index (χ0v) is 14.1. The maximum Gasteiger partial charge on any atom is 0.224 e. The number of aromatic nitrogens is 3. The fourth-order valence-electron chi connectivity index (χ4n) is 3.25. The Bertz CT molecular complexity index is 674. The second-order valence-corrected chi connectivity index (χ2v) is 7.46. The summed E-state index contributed by atoms with van der Waals surface area (Å²) in [5.41, 5.74) is 0.988. The van der Waals surface area contributed by atoms with Crippen molar-refractivity contribution in [3.8, 4) is 0 Å². The summed E-state index contributed by atoms with van der Waals surface area (Å²) >= 11 is 3.62. The summed E-state index contributed by atoms with van der Waals surface area (Å²) in [6.45, 7) is 0.975. The molecule has 2 aliphatic carbocycles. The van der Waals surface area contributed by atoms with Gasteiger partial charge in [0.2, 0.25) is 5.95 Å². The van der Waals surface area contributed by atoms with Crippen LogP contribution in [0, 0.1) is 5.92 Å². The van der Waals surface area contributed by atoms with E-state index in [1.165, 1.54) is 12.8 Å². The first-order valence-corrected chi connectivity index (χ1v) is 8.95. The largest absolute Gasteiger partial charge is 0.393 e. The van der Waals surface area contributed by atoms with E-state index < -0.39 is 0 Å². The fourth-order valence-corrected chi connectivity index (χ4v) is 3.75. The van der Waals surface area contributed by atoms with Crippen LogP contribution >= 0.6 is 15.9 Å². The average Bonchev–Trinajstić information content (AvgIpc) is 3.30.